The van der Waals surface area contributed by atoms with Crippen molar-refractivity contribution in [1.29, 1.82) is 0 Å². The van der Waals surface area contributed by atoms with Crippen molar-refractivity contribution < 1.29 is 9.90 Å². The fourth-order valence-electron chi connectivity index (χ4n) is 1.86. The van der Waals surface area contributed by atoms with Crippen molar-refractivity contribution in [2.45, 2.75) is 39.2 Å². The van der Waals surface area contributed by atoms with Crippen molar-refractivity contribution in [3.8, 4) is 0 Å². The van der Waals surface area contributed by atoms with Gasteiger partial charge in [-0.25, -0.2) is 4.79 Å². The zero-order valence-corrected chi connectivity index (χ0v) is 11.0. The fourth-order valence-corrected chi connectivity index (χ4v) is 1.86. The normalized spacial score (nSPS) is 12.5. The van der Waals surface area contributed by atoms with E-state index in [9.17, 15) is 4.79 Å². The summed E-state index contributed by atoms with van der Waals surface area (Å²) in [6.07, 6.45) is 2.06. The smallest absolute Gasteiger partial charge is 0.326 e. The van der Waals surface area contributed by atoms with Crippen molar-refractivity contribution >= 4 is 17.4 Å². The van der Waals surface area contributed by atoms with Gasteiger partial charge in [-0.2, -0.15) is 4.52 Å². The maximum absolute atomic E-state index is 11.1. The Hall–Kier alpha value is -2.18. The van der Waals surface area contributed by atoms with E-state index in [0.29, 0.717) is 17.9 Å². The Morgan fingerprint density at radius 1 is 1.42 bits per heavy atom. The summed E-state index contributed by atoms with van der Waals surface area (Å²) < 4.78 is 1.63. The number of carboxylic acid groups (broad SMARTS) is 1. The van der Waals surface area contributed by atoms with Crippen molar-refractivity contribution in [3.63, 3.8) is 0 Å². The number of carbonyl (C=O) groups is 1. The predicted molar refractivity (Wildman–Crippen MR) is 70.1 cm³/mol. The molecule has 7 heteroatoms. The number of aryl methyl sites for hydroxylation is 1. The number of hydrogen-bond acceptors (Lipinski definition) is 5. The highest BCUT2D eigenvalue weighted by atomic mass is 16.4. The molecular formula is C12H17N5O2. The maximum atomic E-state index is 11.1. The fraction of sp³-hybridized carbons (Fsp3) is 0.500. The lowest BCUT2D eigenvalue weighted by Crippen LogP contribution is -2.29. The Balaban J connectivity index is 2.26. The van der Waals surface area contributed by atoms with Crippen LogP contribution in [0.3, 0.4) is 0 Å². The predicted octanol–water partition coefficient (Wildman–Crippen LogP) is 1.35. The van der Waals surface area contributed by atoms with Crippen LogP contribution in [0.5, 0.6) is 0 Å². The molecule has 2 aromatic rings. The average Bonchev–Trinajstić information content (AvgIpc) is 2.80. The molecule has 0 amide bonds. The molecule has 0 saturated heterocycles. The van der Waals surface area contributed by atoms with Crippen molar-refractivity contribution in [1.82, 2.24) is 19.8 Å². The van der Waals surface area contributed by atoms with Crippen LogP contribution in [0.25, 0.3) is 5.65 Å². The van der Waals surface area contributed by atoms with Gasteiger partial charge in [0.1, 0.15) is 11.9 Å². The SMILES string of the molecule is CCCC(Nc1ccc2nnc(CC)n2n1)C(=O)O. The van der Waals surface area contributed by atoms with Crippen LogP contribution in [0.4, 0.5) is 5.82 Å². The lowest BCUT2D eigenvalue weighted by atomic mass is 10.2. The molecule has 1 unspecified atom stereocenters. The third-order valence-electron chi connectivity index (χ3n) is 2.84. The van der Waals surface area contributed by atoms with E-state index < -0.39 is 12.0 Å². The third kappa shape index (κ3) is 2.81. The van der Waals surface area contributed by atoms with E-state index in [0.717, 1.165) is 18.7 Å². The molecule has 1 atom stereocenters. The minimum atomic E-state index is -0.872. The number of aliphatic carboxylic acids is 1. The van der Waals surface area contributed by atoms with Gasteiger partial charge >= 0.3 is 5.97 Å². The molecule has 0 aliphatic rings. The summed E-state index contributed by atoms with van der Waals surface area (Å²) in [5.41, 5.74) is 0.657. The van der Waals surface area contributed by atoms with E-state index in [-0.39, 0.29) is 0 Å². The molecule has 0 fully saturated rings. The first kappa shape index (κ1) is 13.3. The first-order valence-electron chi connectivity index (χ1n) is 6.36. The van der Waals surface area contributed by atoms with Crippen LogP contribution in [0.15, 0.2) is 12.1 Å². The van der Waals surface area contributed by atoms with Crippen molar-refractivity contribution in [2.75, 3.05) is 5.32 Å². The number of hydrogen-bond donors (Lipinski definition) is 2. The number of carboxylic acids is 1. The number of fused-ring (bicyclic) bond motifs is 1. The van der Waals surface area contributed by atoms with Crippen LogP contribution in [-0.4, -0.2) is 36.9 Å². The van der Waals surface area contributed by atoms with E-state index in [1.165, 1.54) is 0 Å². The summed E-state index contributed by atoms with van der Waals surface area (Å²) in [6.45, 7) is 3.92. The summed E-state index contributed by atoms with van der Waals surface area (Å²) in [5.74, 6) is 0.395. The van der Waals surface area contributed by atoms with Crippen LogP contribution in [-0.2, 0) is 11.2 Å². The third-order valence-corrected chi connectivity index (χ3v) is 2.84. The largest absolute Gasteiger partial charge is 0.480 e. The van der Waals surface area contributed by atoms with Gasteiger partial charge in [0.25, 0.3) is 0 Å². The van der Waals surface area contributed by atoms with Crippen LogP contribution in [0, 0.1) is 0 Å². The van der Waals surface area contributed by atoms with Gasteiger partial charge in [0.05, 0.1) is 0 Å². The molecule has 0 radical (unpaired) electrons. The molecule has 2 aromatic heterocycles. The molecule has 0 spiro atoms. The second kappa shape index (κ2) is 5.64. The quantitative estimate of drug-likeness (QED) is 0.817. The summed E-state index contributed by atoms with van der Waals surface area (Å²) >= 11 is 0. The highest BCUT2D eigenvalue weighted by Crippen LogP contribution is 2.10. The number of nitrogens with one attached hydrogen (secondary N) is 1. The molecule has 0 saturated carbocycles. The molecule has 7 nitrogen and oxygen atoms in total. The molecule has 2 heterocycles. The van der Waals surface area contributed by atoms with Gasteiger partial charge in [-0.1, -0.05) is 20.3 Å². The molecule has 19 heavy (non-hydrogen) atoms. The van der Waals surface area contributed by atoms with Crippen LogP contribution in [0.1, 0.15) is 32.5 Å². The van der Waals surface area contributed by atoms with Gasteiger partial charge in [-0.15, -0.1) is 15.3 Å². The van der Waals surface area contributed by atoms with E-state index in [2.05, 4.69) is 20.6 Å². The summed E-state index contributed by atoms with van der Waals surface area (Å²) in [6, 6.07) is 2.86. The Morgan fingerprint density at radius 3 is 2.84 bits per heavy atom. The van der Waals surface area contributed by atoms with E-state index >= 15 is 0 Å². The molecule has 2 N–H and O–H groups in total. The summed E-state index contributed by atoms with van der Waals surface area (Å²) in [5, 5.41) is 24.4. The first-order chi connectivity index (χ1) is 9.15. The Kier molecular flexibility index (Phi) is 3.94. The van der Waals surface area contributed by atoms with Gasteiger partial charge in [-0.05, 0) is 18.6 Å². The monoisotopic (exact) mass is 263 g/mol. The second-order valence-electron chi connectivity index (χ2n) is 4.28. The highest BCUT2D eigenvalue weighted by Gasteiger charge is 2.17. The van der Waals surface area contributed by atoms with Crippen LogP contribution in [0.2, 0.25) is 0 Å². The Morgan fingerprint density at radius 2 is 2.21 bits per heavy atom. The van der Waals surface area contributed by atoms with Crippen LogP contribution < -0.4 is 5.32 Å². The maximum Gasteiger partial charge on any atom is 0.326 e. The zero-order chi connectivity index (χ0) is 13.8. The molecule has 102 valence electrons. The Labute approximate surface area is 110 Å². The first-order valence-corrected chi connectivity index (χ1v) is 6.36. The Bertz CT molecular complexity index is 581. The molecule has 0 aliphatic heterocycles. The standard InChI is InChI=1S/C12H17N5O2/c1-3-5-8(12(18)19)13-9-6-7-11-15-14-10(4-2)17(11)16-9/h6-8H,3-5H2,1-2H3,(H,13,16)(H,18,19). The minimum Gasteiger partial charge on any atom is -0.480 e. The van der Waals surface area contributed by atoms with E-state index in [4.69, 9.17) is 5.11 Å². The van der Waals surface area contributed by atoms with Gasteiger partial charge < -0.3 is 10.4 Å². The number of nitrogens with zero attached hydrogens (tertiary/aromatic N) is 4. The van der Waals surface area contributed by atoms with Gasteiger partial charge in [0.2, 0.25) is 0 Å². The van der Waals surface area contributed by atoms with Gasteiger partial charge in [0, 0.05) is 6.42 Å². The van der Waals surface area contributed by atoms with E-state index in [1.54, 1.807) is 16.6 Å². The topological polar surface area (TPSA) is 92.4 Å². The van der Waals surface area contributed by atoms with Crippen molar-refractivity contribution in [3.05, 3.63) is 18.0 Å². The lowest BCUT2D eigenvalue weighted by Gasteiger charge is -2.13. The number of aromatic nitrogens is 4. The van der Waals surface area contributed by atoms with E-state index in [1.807, 2.05) is 13.8 Å². The van der Waals surface area contributed by atoms with Gasteiger partial charge in [0.15, 0.2) is 11.5 Å². The van der Waals surface area contributed by atoms with Crippen molar-refractivity contribution in [2.24, 2.45) is 0 Å². The molecule has 0 bridgehead atoms. The second-order valence-corrected chi connectivity index (χ2v) is 4.28. The molecular weight excluding hydrogens is 246 g/mol. The average molecular weight is 263 g/mol. The minimum absolute atomic E-state index is 0.517. The van der Waals surface area contributed by atoms with Crippen LogP contribution >= 0.6 is 0 Å². The molecule has 0 aromatic carbocycles. The highest BCUT2D eigenvalue weighted by molar-refractivity contribution is 5.76. The lowest BCUT2D eigenvalue weighted by molar-refractivity contribution is -0.138. The number of anilines is 1. The summed E-state index contributed by atoms with van der Waals surface area (Å²) in [4.78, 5) is 11.1. The zero-order valence-electron chi connectivity index (χ0n) is 11.0. The summed E-state index contributed by atoms with van der Waals surface area (Å²) in [7, 11) is 0. The number of rotatable bonds is 6. The molecule has 0 aliphatic carbocycles. The molecule has 2 rings (SSSR count). The van der Waals surface area contributed by atoms with Gasteiger partial charge in [-0.3, -0.25) is 0 Å².